The third-order valence-corrected chi connectivity index (χ3v) is 1.82. The van der Waals surface area contributed by atoms with Crippen LogP contribution in [-0.2, 0) is 0 Å². The monoisotopic (exact) mass is 203 g/mol. The van der Waals surface area contributed by atoms with Gasteiger partial charge in [-0.15, -0.1) is 0 Å². The average Bonchev–Trinajstić information content (AvgIpc) is 2.21. The van der Waals surface area contributed by atoms with Crippen LogP contribution >= 0.6 is 11.6 Å². The lowest BCUT2D eigenvalue weighted by atomic mass is 10.2. The van der Waals surface area contributed by atoms with Crippen LogP contribution in [0.4, 0.5) is 0 Å². The lowest BCUT2D eigenvalue weighted by molar-refractivity contribution is 1.29. The molecule has 0 aliphatic rings. The van der Waals surface area contributed by atoms with Crippen molar-refractivity contribution in [1.29, 1.82) is 10.5 Å². The molecule has 68 valence electrons. The third-order valence-electron chi connectivity index (χ3n) is 1.50. The number of hydrogen-bond acceptors (Lipinski definition) is 3. The van der Waals surface area contributed by atoms with E-state index in [-0.39, 0.29) is 0 Å². The van der Waals surface area contributed by atoms with Gasteiger partial charge in [-0.25, -0.2) is 4.98 Å². The molecule has 1 heterocycles. The van der Waals surface area contributed by atoms with Gasteiger partial charge in [-0.3, -0.25) is 0 Å². The smallest absolute Gasteiger partial charge is 0.136 e. The SMILES string of the molecule is N#CCC=Cc1cc(C#N)cnc1Cl. The van der Waals surface area contributed by atoms with Gasteiger partial charge in [-0.2, -0.15) is 10.5 Å². The van der Waals surface area contributed by atoms with Crippen molar-refractivity contribution in [1.82, 2.24) is 4.98 Å². The Balaban J connectivity index is 2.97. The Morgan fingerprint density at radius 1 is 1.50 bits per heavy atom. The Morgan fingerprint density at radius 3 is 2.93 bits per heavy atom. The van der Waals surface area contributed by atoms with Gasteiger partial charge >= 0.3 is 0 Å². The molecule has 4 heteroatoms. The van der Waals surface area contributed by atoms with Crippen molar-refractivity contribution in [2.75, 3.05) is 0 Å². The molecule has 0 N–H and O–H groups in total. The summed E-state index contributed by atoms with van der Waals surface area (Å²) in [7, 11) is 0. The second kappa shape index (κ2) is 5.01. The molecule has 0 bridgehead atoms. The van der Waals surface area contributed by atoms with Gasteiger partial charge in [0.1, 0.15) is 11.2 Å². The molecule has 0 aliphatic heterocycles. The summed E-state index contributed by atoms with van der Waals surface area (Å²) in [6, 6.07) is 5.56. The molecular weight excluding hydrogens is 198 g/mol. The highest BCUT2D eigenvalue weighted by atomic mass is 35.5. The van der Waals surface area contributed by atoms with E-state index in [1.54, 1.807) is 18.2 Å². The summed E-state index contributed by atoms with van der Waals surface area (Å²) in [6.07, 6.45) is 5.07. The van der Waals surface area contributed by atoms with Crippen molar-refractivity contribution in [3.05, 3.63) is 34.6 Å². The highest BCUT2D eigenvalue weighted by Crippen LogP contribution is 2.15. The molecule has 0 saturated carbocycles. The summed E-state index contributed by atoms with van der Waals surface area (Å²) in [4.78, 5) is 3.84. The van der Waals surface area contributed by atoms with Gasteiger partial charge in [0.15, 0.2) is 0 Å². The first kappa shape index (κ1) is 10.2. The number of hydrogen-bond donors (Lipinski definition) is 0. The maximum absolute atomic E-state index is 8.62. The minimum atomic E-state index is 0.313. The topological polar surface area (TPSA) is 60.5 Å². The summed E-state index contributed by atoms with van der Waals surface area (Å²) in [5.74, 6) is 0. The number of allylic oxidation sites excluding steroid dienone is 1. The van der Waals surface area contributed by atoms with Gasteiger partial charge in [0.2, 0.25) is 0 Å². The van der Waals surface area contributed by atoms with Gasteiger partial charge < -0.3 is 0 Å². The normalized spacial score (nSPS) is 9.64. The zero-order valence-corrected chi connectivity index (χ0v) is 7.99. The lowest BCUT2D eigenvalue weighted by Gasteiger charge is -1.96. The fraction of sp³-hybridized carbons (Fsp3) is 0.100. The van der Waals surface area contributed by atoms with Crippen LogP contribution in [0.15, 0.2) is 18.3 Å². The molecule has 0 saturated heterocycles. The van der Waals surface area contributed by atoms with Gasteiger partial charge in [-0.1, -0.05) is 23.8 Å². The molecule has 0 unspecified atom stereocenters. The number of nitrogens with zero attached hydrogens (tertiary/aromatic N) is 3. The molecule has 0 atom stereocenters. The van der Waals surface area contributed by atoms with E-state index in [1.165, 1.54) is 6.20 Å². The molecule has 14 heavy (non-hydrogen) atoms. The minimum Gasteiger partial charge on any atom is -0.243 e. The second-order valence-electron chi connectivity index (χ2n) is 2.48. The van der Waals surface area contributed by atoms with E-state index in [1.807, 2.05) is 12.1 Å². The highest BCUT2D eigenvalue weighted by Gasteiger charge is 1.99. The molecule has 1 aromatic heterocycles. The Kier molecular flexibility index (Phi) is 3.67. The van der Waals surface area contributed by atoms with Gasteiger partial charge in [0, 0.05) is 11.8 Å². The van der Waals surface area contributed by atoms with Crippen molar-refractivity contribution >= 4 is 17.7 Å². The van der Waals surface area contributed by atoms with Crippen LogP contribution in [0.1, 0.15) is 17.5 Å². The van der Waals surface area contributed by atoms with E-state index in [4.69, 9.17) is 22.1 Å². The lowest BCUT2D eigenvalue weighted by Crippen LogP contribution is -1.83. The maximum atomic E-state index is 8.62. The molecule has 1 aromatic rings. The fourth-order valence-corrected chi connectivity index (χ4v) is 1.05. The van der Waals surface area contributed by atoms with Crippen LogP contribution in [-0.4, -0.2) is 4.98 Å². The van der Waals surface area contributed by atoms with E-state index in [0.717, 1.165) is 0 Å². The molecule has 0 fully saturated rings. The molecule has 0 amide bonds. The van der Waals surface area contributed by atoms with Crippen LogP contribution in [0.2, 0.25) is 5.15 Å². The quantitative estimate of drug-likeness (QED) is 0.694. The van der Waals surface area contributed by atoms with E-state index in [0.29, 0.717) is 22.7 Å². The first-order valence-corrected chi connectivity index (χ1v) is 4.25. The Morgan fingerprint density at radius 2 is 2.29 bits per heavy atom. The second-order valence-corrected chi connectivity index (χ2v) is 2.84. The largest absolute Gasteiger partial charge is 0.243 e. The van der Waals surface area contributed by atoms with Crippen LogP contribution in [0.5, 0.6) is 0 Å². The standard InChI is InChI=1S/C10H6ClN3/c11-10-9(3-1-2-4-12)5-8(6-13)7-14-10/h1,3,5,7H,2H2. The zero-order chi connectivity index (χ0) is 10.4. The van der Waals surface area contributed by atoms with E-state index in [2.05, 4.69) is 4.98 Å². The van der Waals surface area contributed by atoms with Crippen molar-refractivity contribution in [3.8, 4) is 12.1 Å². The maximum Gasteiger partial charge on any atom is 0.136 e. The average molecular weight is 204 g/mol. The van der Waals surface area contributed by atoms with Crippen LogP contribution < -0.4 is 0 Å². The first-order chi connectivity index (χ1) is 6.77. The molecule has 0 aromatic carbocycles. The zero-order valence-electron chi connectivity index (χ0n) is 7.24. The van der Waals surface area contributed by atoms with Gasteiger partial charge in [0.25, 0.3) is 0 Å². The van der Waals surface area contributed by atoms with Crippen molar-refractivity contribution in [2.45, 2.75) is 6.42 Å². The Bertz CT molecular complexity index is 438. The van der Waals surface area contributed by atoms with E-state index < -0.39 is 0 Å². The third kappa shape index (κ3) is 2.58. The highest BCUT2D eigenvalue weighted by molar-refractivity contribution is 6.30. The summed E-state index contributed by atoms with van der Waals surface area (Å²) < 4.78 is 0. The Hall–Kier alpha value is -1.84. The number of nitriles is 2. The Labute approximate surface area is 86.9 Å². The number of rotatable bonds is 2. The van der Waals surface area contributed by atoms with E-state index in [9.17, 15) is 0 Å². The van der Waals surface area contributed by atoms with E-state index >= 15 is 0 Å². The number of aromatic nitrogens is 1. The minimum absolute atomic E-state index is 0.313. The van der Waals surface area contributed by atoms with Crippen LogP contribution in [0.3, 0.4) is 0 Å². The molecule has 0 radical (unpaired) electrons. The summed E-state index contributed by atoms with van der Waals surface area (Å²) >= 11 is 5.78. The fourth-order valence-electron chi connectivity index (χ4n) is 0.882. The predicted molar refractivity (Wildman–Crippen MR) is 53.2 cm³/mol. The van der Waals surface area contributed by atoms with Crippen molar-refractivity contribution in [3.63, 3.8) is 0 Å². The molecule has 1 rings (SSSR count). The van der Waals surface area contributed by atoms with Gasteiger partial charge in [0.05, 0.1) is 18.1 Å². The van der Waals surface area contributed by atoms with Crippen molar-refractivity contribution < 1.29 is 0 Å². The van der Waals surface area contributed by atoms with Crippen molar-refractivity contribution in [2.24, 2.45) is 0 Å². The molecule has 3 nitrogen and oxygen atoms in total. The molecule has 0 aliphatic carbocycles. The van der Waals surface area contributed by atoms with Crippen LogP contribution in [0, 0.1) is 22.7 Å². The summed E-state index contributed by atoms with van der Waals surface area (Å²) in [6.45, 7) is 0. The van der Waals surface area contributed by atoms with Crippen LogP contribution in [0.25, 0.3) is 6.08 Å². The molecule has 0 spiro atoms. The predicted octanol–water partition coefficient (Wildman–Crippen LogP) is 2.53. The first-order valence-electron chi connectivity index (χ1n) is 3.87. The number of halogens is 1. The van der Waals surface area contributed by atoms with Gasteiger partial charge in [-0.05, 0) is 6.07 Å². The summed E-state index contributed by atoms with van der Waals surface area (Å²) in [5, 5.41) is 17.3. The number of pyridine rings is 1. The summed E-state index contributed by atoms with van der Waals surface area (Å²) in [5.41, 5.74) is 1.10. The molecular formula is C10H6ClN3.